The Balaban J connectivity index is 3.75. The van der Waals surface area contributed by atoms with Crippen LogP contribution in [0.4, 0.5) is 4.79 Å². The van der Waals surface area contributed by atoms with Crippen molar-refractivity contribution in [3.63, 3.8) is 0 Å². The van der Waals surface area contributed by atoms with Gasteiger partial charge in [0.15, 0.2) is 0 Å². The maximum absolute atomic E-state index is 11.1. The second kappa shape index (κ2) is 4.56. The van der Waals surface area contributed by atoms with E-state index in [2.05, 4.69) is 0 Å². The van der Waals surface area contributed by atoms with E-state index in [4.69, 9.17) is 5.26 Å². The van der Waals surface area contributed by atoms with Crippen molar-refractivity contribution in [2.24, 2.45) is 0 Å². The SMILES string of the molecule is CN(C)C(=O)N(C)CCC#N. The summed E-state index contributed by atoms with van der Waals surface area (Å²) < 4.78 is 0. The van der Waals surface area contributed by atoms with Gasteiger partial charge in [0, 0.05) is 27.7 Å². The number of nitrogens with zero attached hydrogens (tertiary/aromatic N) is 3. The molecule has 4 nitrogen and oxygen atoms in total. The number of rotatable bonds is 2. The zero-order valence-corrected chi connectivity index (χ0v) is 7.16. The Morgan fingerprint density at radius 1 is 1.45 bits per heavy atom. The van der Waals surface area contributed by atoms with E-state index in [0.29, 0.717) is 13.0 Å². The van der Waals surface area contributed by atoms with Crippen molar-refractivity contribution in [3.8, 4) is 6.07 Å². The fourth-order valence-electron chi connectivity index (χ4n) is 0.655. The molecular formula is C7H13N3O. The van der Waals surface area contributed by atoms with Gasteiger partial charge in [-0.15, -0.1) is 0 Å². The number of carbonyl (C=O) groups is 1. The average Bonchev–Trinajstić information content (AvgIpc) is 1.98. The summed E-state index contributed by atoms with van der Waals surface area (Å²) in [5.74, 6) is 0. The molecule has 2 amide bonds. The van der Waals surface area contributed by atoms with Crippen LogP contribution >= 0.6 is 0 Å². The Hall–Kier alpha value is -1.24. The molecule has 0 aromatic carbocycles. The van der Waals surface area contributed by atoms with Gasteiger partial charge in [0.2, 0.25) is 0 Å². The van der Waals surface area contributed by atoms with Crippen molar-refractivity contribution >= 4 is 6.03 Å². The molecule has 0 rings (SSSR count). The Kier molecular flexibility index (Phi) is 4.04. The first-order valence-corrected chi connectivity index (χ1v) is 3.39. The molecule has 0 N–H and O–H groups in total. The molecule has 0 aromatic rings. The summed E-state index contributed by atoms with van der Waals surface area (Å²) >= 11 is 0. The summed E-state index contributed by atoms with van der Waals surface area (Å²) in [6.07, 6.45) is 0.385. The lowest BCUT2D eigenvalue weighted by atomic mass is 10.4. The van der Waals surface area contributed by atoms with Crippen LogP contribution in [-0.4, -0.2) is 43.5 Å². The average molecular weight is 155 g/mol. The smallest absolute Gasteiger partial charge is 0.319 e. The van der Waals surface area contributed by atoms with Gasteiger partial charge in [-0.2, -0.15) is 5.26 Å². The third-order valence-electron chi connectivity index (χ3n) is 1.27. The second-order valence-corrected chi connectivity index (χ2v) is 2.51. The zero-order chi connectivity index (χ0) is 8.85. The molecule has 11 heavy (non-hydrogen) atoms. The van der Waals surface area contributed by atoms with Gasteiger partial charge in [0.25, 0.3) is 0 Å². The van der Waals surface area contributed by atoms with Crippen molar-refractivity contribution in [3.05, 3.63) is 0 Å². The summed E-state index contributed by atoms with van der Waals surface area (Å²) in [7, 11) is 5.05. The molecule has 0 saturated carbocycles. The second-order valence-electron chi connectivity index (χ2n) is 2.51. The van der Waals surface area contributed by atoms with Gasteiger partial charge < -0.3 is 9.80 Å². The van der Waals surface area contributed by atoms with E-state index in [0.717, 1.165) is 0 Å². The van der Waals surface area contributed by atoms with Crippen LogP contribution in [0.25, 0.3) is 0 Å². The topological polar surface area (TPSA) is 47.3 Å². The van der Waals surface area contributed by atoms with Crippen LogP contribution in [-0.2, 0) is 0 Å². The molecule has 0 heterocycles. The monoisotopic (exact) mass is 155 g/mol. The van der Waals surface area contributed by atoms with Gasteiger partial charge in [0.1, 0.15) is 0 Å². The van der Waals surface area contributed by atoms with Crippen LogP contribution in [0.5, 0.6) is 0 Å². The van der Waals surface area contributed by atoms with E-state index in [1.807, 2.05) is 6.07 Å². The van der Waals surface area contributed by atoms with Gasteiger partial charge in [-0.3, -0.25) is 0 Å². The van der Waals surface area contributed by atoms with E-state index >= 15 is 0 Å². The molecule has 0 aliphatic carbocycles. The molecule has 0 aliphatic rings. The molecular weight excluding hydrogens is 142 g/mol. The highest BCUT2D eigenvalue weighted by atomic mass is 16.2. The van der Waals surface area contributed by atoms with Crippen LogP contribution in [0, 0.1) is 11.3 Å². The highest BCUT2D eigenvalue weighted by Gasteiger charge is 2.08. The molecule has 4 heteroatoms. The molecule has 0 atom stereocenters. The quantitative estimate of drug-likeness (QED) is 0.583. The summed E-state index contributed by atoms with van der Waals surface area (Å²) in [4.78, 5) is 14.1. The van der Waals surface area contributed by atoms with Crippen LogP contribution in [0.15, 0.2) is 0 Å². The Labute approximate surface area is 67.0 Å². The molecule has 0 radical (unpaired) electrons. The lowest BCUT2D eigenvalue weighted by molar-refractivity contribution is 0.183. The molecule has 0 saturated heterocycles. The van der Waals surface area contributed by atoms with Crippen molar-refractivity contribution < 1.29 is 4.79 Å². The van der Waals surface area contributed by atoms with Gasteiger partial charge in [-0.1, -0.05) is 0 Å². The van der Waals surface area contributed by atoms with E-state index in [-0.39, 0.29) is 6.03 Å². The Morgan fingerprint density at radius 2 is 2.00 bits per heavy atom. The van der Waals surface area contributed by atoms with Crippen molar-refractivity contribution in [2.75, 3.05) is 27.7 Å². The summed E-state index contributed by atoms with van der Waals surface area (Å²) in [6.45, 7) is 0.494. The standard InChI is InChI=1S/C7H13N3O/c1-9(2)7(11)10(3)6-4-5-8/h4,6H2,1-3H3. The summed E-state index contributed by atoms with van der Waals surface area (Å²) in [5.41, 5.74) is 0. The minimum atomic E-state index is -0.0692. The maximum atomic E-state index is 11.1. The van der Waals surface area contributed by atoms with Crippen molar-refractivity contribution in [1.29, 1.82) is 5.26 Å². The molecule has 0 bridgehead atoms. The number of hydrogen-bond donors (Lipinski definition) is 0. The van der Waals surface area contributed by atoms with Crippen LogP contribution in [0.2, 0.25) is 0 Å². The lowest BCUT2D eigenvalue weighted by Crippen LogP contribution is -2.36. The lowest BCUT2D eigenvalue weighted by Gasteiger charge is -2.20. The third-order valence-corrected chi connectivity index (χ3v) is 1.27. The zero-order valence-electron chi connectivity index (χ0n) is 7.16. The van der Waals surface area contributed by atoms with Gasteiger partial charge in [-0.25, -0.2) is 4.79 Å². The van der Waals surface area contributed by atoms with Crippen molar-refractivity contribution in [1.82, 2.24) is 9.80 Å². The van der Waals surface area contributed by atoms with E-state index in [1.54, 1.807) is 21.1 Å². The van der Waals surface area contributed by atoms with E-state index in [9.17, 15) is 4.79 Å². The maximum Gasteiger partial charge on any atom is 0.319 e. The normalized spacial score (nSPS) is 8.55. The van der Waals surface area contributed by atoms with Crippen molar-refractivity contribution in [2.45, 2.75) is 6.42 Å². The van der Waals surface area contributed by atoms with Crippen LogP contribution < -0.4 is 0 Å². The fourth-order valence-corrected chi connectivity index (χ4v) is 0.655. The molecule has 0 aromatic heterocycles. The molecule has 0 fully saturated rings. The predicted octanol–water partition coefficient (Wildman–Crippen LogP) is 0.513. The third kappa shape index (κ3) is 3.46. The van der Waals surface area contributed by atoms with Crippen LogP contribution in [0.1, 0.15) is 6.42 Å². The predicted molar refractivity (Wildman–Crippen MR) is 41.9 cm³/mol. The summed E-state index contributed by atoms with van der Waals surface area (Å²) in [5, 5.41) is 8.23. The number of amides is 2. The highest BCUT2D eigenvalue weighted by Crippen LogP contribution is 1.91. The summed E-state index contributed by atoms with van der Waals surface area (Å²) in [6, 6.07) is 1.91. The highest BCUT2D eigenvalue weighted by molar-refractivity contribution is 5.73. The molecule has 0 unspecified atom stereocenters. The largest absolute Gasteiger partial charge is 0.331 e. The van der Waals surface area contributed by atoms with E-state index in [1.165, 1.54) is 9.80 Å². The minimum absolute atomic E-state index is 0.0692. The number of carbonyl (C=O) groups excluding carboxylic acids is 1. The Morgan fingerprint density at radius 3 is 2.36 bits per heavy atom. The fraction of sp³-hybridized carbons (Fsp3) is 0.714. The van der Waals surface area contributed by atoms with Crippen LogP contribution in [0.3, 0.4) is 0 Å². The first kappa shape index (κ1) is 9.76. The first-order valence-electron chi connectivity index (χ1n) is 3.39. The number of nitriles is 1. The first-order chi connectivity index (χ1) is 5.09. The minimum Gasteiger partial charge on any atom is -0.331 e. The molecule has 0 spiro atoms. The molecule has 0 aliphatic heterocycles. The van der Waals surface area contributed by atoms with Gasteiger partial charge >= 0.3 is 6.03 Å². The number of hydrogen-bond acceptors (Lipinski definition) is 2. The van der Waals surface area contributed by atoms with Gasteiger partial charge in [-0.05, 0) is 0 Å². The molecule has 62 valence electrons. The number of urea groups is 1. The van der Waals surface area contributed by atoms with E-state index < -0.39 is 0 Å². The van der Waals surface area contributed by atoms with Gasteiger partial charge in [0.05, 0.1) is 12.5 Å². The Bertz CT molecular complexity index is 171.